The summed E-state index contributed by atoms with van der Waals surface area (Å²) in [4.78, 5) is 12.1. The summed E-state index contributed by atoms with van der Waals surface area (Å²) in [7, 11) is 0. The molecule has 2 aromatic carbocycles. The van der Waals surface area contributed by atoms with Gasteiger partial charge in [-0.25, -0.2) is 4.98 Å². The third kappa shape index (κ3) is 3.02. The first kappa shape index (κ1) is 17.5. The van der Waals surface area contributed by atoms with Crippen LogP contribution in [0.25, 0.3) is 0 Å². The van der Waals surface area contributed by atoms with Crippen LogP contribution in [0, 0.1) is 0 Å². The van der Waals surface area contributed by atoms with E-state index in [1.807, 2.05) is 24.3 Å². The highest BCUT2D eigenvalue weighted by Crippen LogP contribution is 2.51. The largest absolute Gasteiger partial charge is 0.349 e. The first-order valence-corrected chi connectivity index (χ1v) is 10.2. The molecule has 0 unspecified atom stereocenters. The fourth-order valence-electron chi connectivity index (χ4n) is 4.44. The fourth-order valence-corrected chi connectivity index (χ4v) is 4.63. The molecule has 5 rings (SSSR count). The van der Waals surface area contributed by atoms with Crippen LogP contribution in [0.5, 0.6) is 0 Å². The van der Waals surface area contributed by atoms with E-state index in [2.05, 4.69) is 54.4 Å². The number of halogens is 1. The molecule has 1 aliphatic carbocycles. The second-order valence-corrected chi connectivity index (χ2v) is 8.43. The molecule has 5 heteroatoms. The Morgan fingerprint density at radius 3 is 2.64 bits per heavy atom. The lowest BCUT2D eigenvalue weighted by atomic mass is 9.99. The summed E-state index contributed by atoms with van der Waals surface area (Å²) < 4.78 is 0. The first-order chi connectivity index (χ1) is 13.6. The second kappa shape index (κ2) is 6.78. The number of nitrogens with one attached hydrogen (secondary N) is 1. The van der Waals surface area contributed by atoms with E-state index in [1.54, 1.807) is 0 Å². The van der Waals surface area contributed by atoms with Gasteiger partial charge in [-0.2, -0.15) is 4.98 Å². The topological polar surface area (TPSA) is 41.1 Å². The summed E-state index contributed by atoms with van der Waals surface area (Å²) in [6.45, 7) is 5.36. The van der Waals surface area contributed by atoms with E-state index in [-0.39, 0.29) is 0 Å². The van der Waals surface area contributed by atoms with E-state index in [0.717, 1.165) is 23.7 Å². The Hall–Kier alpha value is -2.59. The highest BCUT2D eigenvalue weighted by Gasteiger charge is 2.42. The number of hydrogen-bond acceptors (Lipinski definition) is 4. The molecule has 2 atom stereocenters. The van der Waals surface area contributed by atoms with Gasteiger partial charge < -0.3 is 10.2 Å². The number of benzene rings is 2. The molecule has 0 radical (unpaired) electrons. The van der Waals surface area contributed by atoms with Crippen LogP contribution in [-0.4, -0.2) is 16.5 Å². The molecular weight excluding hydrogens is 368 g/mol. The minimum absolute atomic E-state index is 0.328. The van der Waals surface area contributed by atoms with E-state index in [4.69, 9.17) is 21.6 Å². The fraction of sp³-hybridized carbons (Fsp3) is 0.304. The zero-order valence-electron chi connectivity index (χ0n) is 16.1. The maximum Gasteiger partial charge on any atom is 0.229 e. The normalized spacial score (nSPS) is 19.9. The van der Waals surface area contributed by atoms with Crippen LogP contribution in [0.1, 0.15) is 55.0 Å². The Morgan fingerprint density at radius 1 is 1.04 bits per heavy atom. The zero-order valence-corrected chi connectivity index (χ0v) is 16.8. The molecule has 3 aromatic rings. The van der Waals surface area contributed by atoms with E-state index in [9.17, 15) is 0 Å². The van der Waals surface area contributed by atoms with Crippen LogP contribution in [0.15, 0.2) is 54.6 Å². The van der Waals surface area contributed by atoms with E-state index in [0.29, 0.717) is 28.8 Å². The number of hydrogen-bond donors (Lipinski definition) is 1. The molecule has 1 aromatic heterocycles. The van der Waals surface area contributed by atoms with Gasteiger partial charge in [0.05, 0.1) is 11.7 Å². The van der Waals surface area contributed by atoms with E-state index < -0.39 is 0 Å². The second-order valence-electron chi connectivity index (χ2n) is 7.99. The predicted octanol–water partition coefficient (Wildman–Crippen LogP) is 6.05. The van der Waals surface area contributed by atoms with Crippen LogP contribution in [-0.2, 0) is 0 Å². The maximum absolute atomic E-state index is 6.13. The van der Waals surface area contributed by atoms with Crippen molar-refractivity contribution in [3.05, 3.63) is 76.4 Å². The van der Waals surface area contributed by atoms with Crippen molar-refractivity contribution in [3.63, 3.8) is 0 Å². The Balaban J connectivity index is 1.51. The van der Waals surface area contributed by atoms with Gasteiger partial charge in [0.15, 0.2) is 0 Å². The molecule has 1 saturated heterocycles. The van der Waals surface area contributed by atoms with Crippen molar-refractivity contribution >= 4 is 29.1 Å². The van der Waals surface area contributed by atoms with Gasteiger partial charge in [-0.1, -0.05) is 55.8 Å². The van der Waals surface area contributed by atoms with Crippen molar-refractivity contribution < 1.29 is 0 Å². The quantitative estimate of drug-likeness (QED) is 0.589. The molecule has 1 fully saturated rings. The van der Waals surface area contributed by atoms with Gasteiger partial charge in [-0.05, 0) is 41.7 Å². The number of fused-ring (bicyclic) bond motifs is 5. The van der Waals surface area contributed by atoms with E-state index >= 15 is 0 Å². The Kier molecular flexibility index (Phi) is 4.24. The van der Waals surface area contributed by atoms with Crippen molar-refractivity contribution in [2.24, 2.45) is 0 Å². The Labute approximate surface area is 170 Å². The van der Waals surface area contributed by atoms with Crippen molar-refractivity contribution in [2.45, 2.75) is 38.1 Å². The average molecular weight is 391 g/mol. The van der Waals surface area contributed by atoms with Crippen LogP contribution in [0.2, 0.25) is 5.02 Å². The molecule has 4 nitrogen and oxygen atoms in total. The van der Waals surface area contributed by atoms with Crippen LogP contribution >= 0.6 is 11.6 Å². The first-order valence-electron chi connectivity index (χ1n) is 9.85. The van der Waals surface area contributed by atoms with Crippen molar-refractivity contribution in [1.29, 1.82) is 0 Å². The summed E-state index contributed by atoms with van der Waals surface area (Å²) >= 11 is 6.13. The van der Waals surface area contributed by atoms with Crippen LogP contribution in [0.3, 0.4) is 0 Å². The minimum atomic E-state index is 0.328. The molecule has 0 saturated carbocycles. The molecule has 142 valence electrons. The van der Waals surface area contributed by atoms with Gasteiger partial charge in [-0.15, -0.1) is 0 Å². The summed E-state index contributed by atoms with van der Waals surface area (Å²) in [5.74, 6) is 2.56. The van der Waals surface area contributed by atoms with Gasteiger partial charge in [0, 0.05) is 29.2 Å². The number of rotatable bonds is 4. The molecule has 2 aliphatic rings. The highest BCUT2D eigenvalue weighted by atomic mass is 35.5. The number of anilines is 3. The van der Waals surface area contributed by atoms with Crippen molar-refractivity contribution in [1.82, 2.24) is 9.97 Å². The lowest BCUT2D eigenvalue weighted by molar-refractivity contribution is 0.723. The molecule has 1 N–H and O–H groups in total. The number of aromatic nitrogens is 2. The van der Waals surface area contributed by atoms with Gasteiger partial charge >= 0.3 is 0 Å². The molecule has 2 bridgehead atoms. The molecule has 1 aliphatic heterocycles. The molecule has 2 heterocycles. The summed E-state index contributed by atoms with van der Waals surface area (Å²) in [6, 6.07) is 19.1. The van der Waals surface area contributed by atoms with E-state index in [1.165, 1.54) is 17.5 Å². The molecule has 28 heavy (non-hydrogen) atoms. The standard InChI is InChI=1S/C23H23ClN4/c1-14(2)20-12-22(27-23(26-20)25-17-7-5-6-16(24)11-17)28-13-15-10-21(28)19-9-4-3-8-18(15)19/h3-9,11-12,14-15,21H,10,13H2,1-2H3,(H,25,26,27)/t15-,21+/m1/s1. The van der Waals surface area contributed by atoms with Gasteiger partial charge in [-0.3, -0.25) is 0 Å². The lowest BCUT2D eigenvalue weighted by Gasteiger charge is -2.30. The lowest BCUT2D eigenvalue weighted by Crippen LogP contribution is -2.28. The maximum atomic E-state index is 6.13. The third-order valence-corrected chi connectivity index (χ3v) is 6.03. The SMILES string of the molecule is CC(C)c1cc(N2C[C@H]3C[C@H]2c2ccccc23)nc(Nc2cccc(Cl)c2)n1. The molecule has 0 amide bonds. The van der Waals surface area contributed by atoms with Crippen LogP contribution < -0.4 is 10.2 Å². The molecule has 0 spiro atoms. The van der Waals surface area contributed by atoms with Gasteiger partial charge in [0.2, 0.25) is 5.95 Å². The average Bonchev–Trinajstić information content (AvgIpc) is 3.28. The Bertz CT molecular complexity index is 1030. The van der Waals surface area contributed by atoms with Crippen molar-refractivity contribution in [2.75, 3.05) is 16.8 Å². The zero-order chi connectivity index (χ0) is 19.3. The predicted molar refractivity (Wildman–Crippen MR) is 115 cm³/mol. The van der Waals surface area contributed by atoms with Crippen LogP contribution in [0.4, 0.5) is 17.5 Å². The summed E-state index contributed by atoms with van der Waals surface area (Å²) in [5, 5.41) is 4.03. The molecular formula is C23H23ClN4. The minimum Gasteiger partial charge on any atom is -0.349 e. The van der Waals surface area contributed by atoms with Crippen molar-refractivity contribution in [3.8, 4) is 0 Å². The Morgan fingerprint density at radius 2 is 1.86 bits per heavy atom. The smallest absolute Gasteiger partial charge is 0.229 e. The monoisotopic (exact) mass is 390 g/mol. The number of nitrogens with zero attached hydrogens (tertiary/aromatic N) is 3. The third-order valence-electron chi connectivity index (χ3n) is 5.79. The van der Waals surface area contributed by atoms with Gasteiger partial charge in [0.25, 0.3) is 0 Å². The highest BCUT2D eigenvalue weighted by molar-refractivity contribution is 6.30. The van der Waals surface area contributed by atoms with Gasteiger partial charge in [0.1, 0.15) is 5.82 Å². The summed E-state index contributed by atoms with van der Waals surface area (Å²) in [6.07, 6.45) is 1.18. The summed E-state index contributed by atoms with van der Waals surface area (Å²) in [5.41, 5.74) is 4.91.